The summed E-state index contributed by atoms with van der Waals surface area (Å²) in [5.74, 6) is -0.285. The minimum absolute atomic E-state index is 0.0217. The van der Waals surface area contributed by atoms with E-state index in [1.54, 1.807) is 4.90 Å². The average Bonchev–Trinajstić information content (AvgIpc) is 3.31. The maximum Gasteiger partial charge on any atom is 0.227 e. The highest BCUT2D eigenvalue weighted by molar-refractivity contribution is 6.00. The zero-order valence-corrected chi connectivity index (χ0v) is 15.6. The van der Waals surface area contributed by atoms with E-state index in [2.05, 4.69) is 22.3 Å². The summed E-state index contributed by atoms with van der Waals surface area (Å²) >= 11 is 0. The molecule has 6 nitrogen and oxygen atoms in total. The molecule has 26 heavy (non-hydrogen) atoms. The van der Waals surface area contributed by atoms with Gasteiger partial charge in [0.05, 0.1) is 5.92 Å². The van der Waals surface area contributed by atoms with Gasteiger partial charge < -0.3 is 19.9 Å². The van der Waals surface area contributed by atoms with Crippen LogP contribution >= 0.6 is 0 Å². The Bertz CT molecular complexity index is 611. The second kappa shape index (κ2) is 9.03. The lowest BCUT2D eigenvalue weighted by atomic mass is 10.1. The van der Waals surface area contributed by atoms with Gasteiger partial charge in [-0.2, -0.15) is 0 Å². The molecular formula is C20H29N3O3. The molecule has 0 aromatic heterocycles. The molecular weight excluding hydrogens is 330 g/mol. The Morgan fingerprint density at radius 2 is 1.88 bits per heavy atom. The predicted molar refractivity (Wildman–Crippen MR) is 102 cm³/mol. The number of nitrogens with zero attached hydrogens (tertiary/aromatic N) is 2. The van der Waals surface area contributed by atoms with Gasteiger partial charge in [-0.25, -0.2) is 0 Å². The Morgan fingerprint density at radius 3 is 2.58 bits per heavy atom. The van der Waals surface area contributed by atoms with Crippen LogP contribution in [0.15, 0.2) is 24.3 Å². The van der Waals surface area contributed by atoms with E-state index in [1.807, 2.05) is 19.1 Å². The predicted octanol–water partition coefficient (Wildman–Crippen LogP) is 2.18. The van der Waals surface area contributed by atoms with Gasteiger partial charge in [-0.1, -0.05) is 0 Å². The number of amides is 2. The summed E-state index contributed by atoms with van der Waals surface area (Å²) in [4.78, 5) is 28.8. The van der Waals surface area contributed by atoms with Crippen LogP contribution in [-0.4, -0.2) is 51.2 Å². The molecule has 142 valence electrons. The number of ether oxygens (including phenoxy) is 1. The van der Waals surface area contributed by atoms with Crippen LogP contribution < -0.4 is 15.1 Å². The average molecular weight is 359 g/mol. The van der Waals surface area contributed by atoms with Crippen molar-refractivity contribution in [1.29, 1.82) is 0 Å². The Balaban J connectivity index is 1.51. The zero-order chi connectivity index (χ0) is 18.4. The fraction of sp³-hybridized carbons (Fsp3) is 0.600. The third-order valence-electron chi connectivity index (χ3n) is 5.10. The zero-order valence-electron chi connectivity index (χ0n) is 15.6. The molecule has 2 saturated heterocycles. The molecule has 1 N–H and O–H groups in total. The Hall–Kier alpha value is -2.08. The highest BCUT2D eigenvalue weighted by atomic mass is 16.5. The summed E-state index contributed by atoms with van der Waals surface area (Å²) in [5.41, 5.74) is 2.09. The molecule has 2 aliphatic heterocycles. The fourth-order valence-electron chi connectivity index (χ4n) is 3.63. The summed E-state index contributed by atoms with van der Waals surface area (Å²) < 4.78 is 5.26. The van der Waals surface area contributed by atoms with Crippen LogP contribution in [0, 0.1) is 5.92 Å². The van der Waals surface area contributed by atoms with Gasteiger partial charge in [0.2, 0.25) is 11.8 Å². The molecule has 1 aromatic rings. The molecule has 1 atom stereocenters. The number of benzene rings is 1. The summed E-state index contributed by atoms with van der Waals surface area (Å²) in [5, 5.41) is 2.92. The first-order valence-electron chi connectivity index (χ1n) is 9.70. The van der Waals surface area contributed by atoms with Crippen LogP contribution in [0.3, 0.4) is 0 Å². The lowest BCUT2D eigenvalue weighted by Crippen LogP contribution is -2.33. The van der Waals surface area contributed by atoms with Crippen LogP contribution in [0.25, 0.3) is 0 Å². The normalized spacial score (nSPS) is 20.0. The molecule has 0 aliphatic carbocycles. The molecule has 0 spiro atoms. The molecule has 1 aromatic carbocycles. The van der Waals surface area contributed by atoms with E-state index in [4.69, 9.17) is 4.74 Å². The van der Waals surface area contributed by atoms with E-state index in [1.165, 1.54) is 18.5 Å². The van der Waals surface area contributed by atoms with Crippen LogP contribution in [0.1, 0.15) is 32.6 Å². The fourth-order valence-corrected chi connectivity index (χ4v) is 3.63. The van der Waals surface area contributed by atoms with Gasteiger partial charge in [0.1, 0.15) is 0 Å². The third-order valence-corrected chi connectivity index (χ3v) is 5.10. The van der Waals surface area contributed by atoms with Crippen molar-refractivity contribution in [3.8, 4) is 0 Å². The number of carbonyl (C=O) groups excluding carboxylic acids is 2. The number of nitrogens with one attached hydrogen (secondary N) is 1. The van der Waals surface area contributed by atoms with Crippen molar-refractivity contribution >= 4 is 23.2 Å². The highest BCUT2D eigenvalue weighted by Crippen LogP contribution is 2.28. The van der Waals surface area contributed by atoms with Crippen molar-refractivity contribution in [2.75, 3.05) is 49.2 Å². The van der Waals surface area contributed by atoms with Gasteiger partial charge >= 0.3 is 0 Å². The quantitative estimate of drug-likeness (QED) is 0.723. The first-order valence-corrected chi connectivity index (χ1v) is 9.70. The molecule has 0 saturated carbocycles. The van der Waals surface area contributed by atoms with E-state index >= 15 is 0 Å². The van der Waals surface area contributed by atoms with Gasteiger partial charge in [0.25, 0.3) is 0 Å². The van der Waals surface area contributed by atoms with Gasteiger partial charge in [-0.3, -0.25) is 9.59 Å². The first kappa shape index (κ1) is 18.7. The van der Waals surface area contributed by atoms with Crippen LogP contribution in [-0.2, 0) is 14.3 Å². The summed E-state index contributed by atoms with van der Waals surface area (Å²) in [6.07, 6.45) is 3.56. The lowest BCUT2D eigenvalue weighted by Gasteiger charge is -2.20. The van der Waals surface area contributed by atoms with Crippen molar-refractivity contribution in [1.82, 2.24) is 5.32 Å². The molecule has 2 fully saturated rings. The van der Waals surface area contributed by atoms with E-state index < -0.39 is 0 Å². The van der Waals surface area contributed by atoms with Crippen LogP contribution in [0.5, 0.6) is 0 Å². The Kier molecular flexibility index (Phi) is 6.50. The minimum atomic E-state index is -0.271. The highest BCUT2D eigenvalue weighted by Gasteiger charge is 2.35. The van der Waals surface area contributed by atoms with Crippen LogP contribution in [0.4, 0.5) is 11.4 Å². The second-order valence-electron chi connectivity index (χ2n) is 6.96. The molecule has 0 bridgehead atoms. The Labute approximate surface area is 155 Å². The molecule has 2 amide bonds. The monoisotopic (exact) mass is 359 g/mol. The number of carbonyl (C=O) groups is 2. The molecule has 1 unspecified atom stereocenters. The lowest BCUT2D eigenvalue weighted by molar-refractivity contribution is -0.126. The Morgan fingerprint density at radius 1 is 1.19 bits per heavy atom. The van der Waals surface area contributed by atoms with Gasteiger partial charge in [-0.05, 0) is 50.5 Å². The largest absolute Gasteiger partial charge is 0.382 e. The van der Waals surface area contributed by atoms with E-state index in [0.29, 0.717) is 26.3 Å². The van der Waals surface area contributed by atoms with E-state index in [0.717, 1.165) is 25.2 Å². The van der Waals surface area contributed by atoms with Crippen molar-refractivity contribution in [3.05, 3.63) is 24.3 Å². The van der Waals surface area contributed by atoms with Gasteiger partial charge in [0.15, 0.2) is 0 Å². The standard InChI is InChI=1S/C20H29N3O3/c1-2-26-13-5-10-21-20(25)16-14-19(24)23(15-16)18-8-6-17(7-9-18)22-11-3-4-12-22/h6-9,16H,2-5,10-15H2,1H3,(H,21,25). The SMILES string of the molecule is CCOCCCNC(=O)C1CC(=O)N(c2ccc(N3CCCC3)cc2)C1. The minimum Gasteiger partial charge on any atom is -0.382 e. The maximum absolute atomic E-state index is 12.4. The van der Waals surface area contributed by atoms with Gasteiger partial charge in [0, 0.05) is 57.2 Å². The number of hydrogen-bond acceptors (Lipinski definition) is 4. The number of hydrogen-bond donors (Lipinski definition) is 1. The van der Waals surface area contributed by atoms with E-state index in [-0.39, 0.29) is 24.2 Å². The maximum atomic E-state index is 12.4. The second-order valence-corrected chi connectivity index (χ2v) is 6.96. The first-order chi connectivity index (χ1) is 12.7. The smallest absolute Gasteiger partial charge is 0.227 e. The molecule has 2 heterocycles. The molecule has 0 radical (unpaired) electrons. The topological polar surface area (TPSA) is 61.9 Å². The van der Waals surface area contributed by atoms with Crippen molar-refractivity contribution in [3.63, 3.8) is 0 Å². The summed E-state index contributed by atoms with van der Waals surface area (Å²) in [6.45, 7) is 6.55. The number of rotatable bonds is 8. The van der Waals surface area contributed by atoms with E-state index in [9.17, 15) is 9.59 Å². The molecule has 6 heteroatoms. The van der Waals surface area contributed by atoms with Crippen molar-refractivity contribution in [2.45, 2.75) is 32.6 Å². The summed E-state index contributed by atoms with van der Waals surface area (Å²) in [7, 11) is 0. The third kappa shape index (κ3) is 4.55. The summed E-state index contributed by atoms with van der Waals surface area (Å²) in [6, 6.07) is 8.14. The van der Waals surface area contributed by atoms with Crippen molar-refractivity contribution in [2.24, 2.45) is 5.92 Å². The van der Waals surface area contributed by atoms with Crippen LogP contribution in [0.2, 0.25) is 0 Å². The molecule has 2 aliphatic rings. The number of anilines is 2. The van der Waals surface area contributed by atoms with Crippen molar-refractivity contribution < 1.29 is 14.3 Å². The molecule has 3 rings (SSSR count). The van der Waals surface area contributed by atoms with Gasteiger partial charge in [-0.15, -0.1) is 0 Å².